The van der Waals surface area contributed by atoms with Crippen molar-refractivity contribution in [3.8, 4) is 5.75 Å². The lowest BCUT2D eigenvalue weighted by atomic mass is 10.1. The second-order valence-corrected chi connectivity index (χ2v) is 9.54. The van der Waals surface area contributed by atoms with Crippen LogP contribution in [0.2, 0.25) is 0 Å². The fourth-order valence-corrected chi connectivity index (χ4v) is 4.55. The van der Waals surface area contributed by atoms with E-state index in [0.717, 1.165) is 48.7 Å². The first-order valence-electron chi connectivity index (χ1n) is 14.1. The Kier molecular flexibility index (Phi) is 11.9. The van der Waals surface area contributed by atoms with E-state index in [1.54, 1.807) is 19.3 Å². The van der Waals surface area contributed by atoms with Crippen LogP contribution < -0.4 is 20.3 Å². The van der Waals surface area contributed by atoms with Crippen molar-refractivity contribution in [2.75, 3.05) is 55.8 Å². The minimum Gasteiger partial charge on any atom is -0.433 e. The number of amides is 1. The molecule has 0 aliphatic rings. The number of hydrogen-bond acceptors (Lipinski definition) is 7. The summed E-state index contributed by atoms with van der Waals surface area (Å²) in [6.45, 7) is 14.1. The number of nitrogens with one attached hydrogen (secondary N) is 2. The summed E-state index contributed by atoms with van der Waals surface area (Å²) in [5.74, 6) is -0.266. The summed E-state index contributed by atoms with van der Waals surface area (Å²) in [6.07, 6.45) is 4.57. The first kappa shape index (κ1) is 32.9. The average Bonchev–Trinajstić information content (AvgIpc) is 3.42. The molecule has 2 aromatic carbocycles. The third-order valence-corrected chi connectivity index (χ3v) is 7.00. The molecule has 0 aliphatic heterocycles. The van der Waals surface area contributed by atoms with Gasteiger partial charge in [0.15, 0.2) is 5.75 Å². The van der Waals surface area contributed by atoms with Gasteiger partial charge in [0.2, 0.25) is 5.91 Å². The van der Waals surface area contributed by atoms with Gasteiger partial charge in [-0.3, -0.25) is 19.5 Å². The number of aromatic nitrogens is 2. The van der Waals surface area contributed by atoms with E-state index in [4.69, 9.17) is 4.74 Å². The van der Waals surface area contributed by atoms with Gasteiger partial charge in [0, 0.05) is 56.8 Å². The summed E-state index contributed by atoms with van der Waals surface area (Å²) in [5.41, 5.74) is 3.32. The molecule has 3 aromatic rings. The van der Waals surface area contributed by atoms with E-state index in [2.05, 4.69) is 57.8 Å². The molecule has 1 amide bonds. The molecule has 0 unspecified atom stereocenters. The number of aryl methyl sites for hydroxylation is 1. The van der Waals surface area contributed by atoms with Crippen LogP contribution in [0.25, 0.3) is 16.6 Å². The molecule has 230 valence electrons. The number of aliphatic imine (C=N–C) groups is 2. The molecule has 0 radical (unpaired) electrons. The maximum Gasteiger partial charge on any atom is 0.387 e. The minimum absolute atomic E-state index is 0.118. The number of carbonyl (C=O) groups excluding carboxylic acids is 1. The fraction of sp³-hybridized carbons (Fsp3) is 0.355. The first-order valence-corrected chi connectivity index (χ1v) is 14.1. The Balaban J connectivity index is 2.02. The average molecular weight is 595 g/mol. The lowest BCUT2D eigenvalue weighted by Gasteiger charge is -2.27. The van der Waals surface area contributed by atoms with Gasteiger partial charge in [-0.1, -0.05) is 26.5 Å². The molecule has 3 rings (SSSR count). The molecular formula is C31H40F2N8O2. The SMILES string of the molecule is C=CC(=O)Nc1cc(NC(/C=C(\N=C)c2ccc3c(cnn3CC)c2)=NC)c(OC(F)F)cc1N(C)CCN(CC)CC. The van der Waals surface area contributed by atoms with E-state index in [1.807, 2.05) is 41.8 Å². The molecule has 1 aromatic heterocycles. The lowest BCUT2D eigenvalue weighted by molar-refractivity contribution is -0.111. The number of ether oxygens (including phenoxy) is 1. The first-order chi connectivity index (χ1) is 20.7. The Morgan fingerprint density at radius 3 is 2.49 bits per heavy atom. The number of fused-ring (bicyclic) bond motifs is 1. The van der Waals surface area contributed by atoms with Crippen molar-refractivity contribution in [3.63, 3.8) is 0 Å². The van der Waals surface area contributed by atoms with Crippen LogP contribution in [-0.4, -0.2) is 80.0 Å². The summed E-state index contributed by atoms with van der Waals surface area (Å²) >= 11 is 0. The highest BCUT2D eigenvalue weighted by Gasteiger charge is 2.19. The summed E-state index contributed by atoms with van der Waals surface area (Å²) in [6, 6.07) is 8.81. The highest BCUT2D eigenvalue weighted by molar-refractivity contribution is 6.10. The Labute approximate surface area is 251 Å². The van der Waals surface area contributed by atoms with Crippen LogP contribution in [0.1, 0.15) is 26.3 Å². The summed E-state index contributed by atoms with van der Waals surface area (Å²) in [7, 11) is 3.38. The number of carbonyl (C=O) groups is 1. The second kappa shape index (κ2) is 15.6. The van der Waals surface area contributed by atoms with E-state index in [1.165, 1.54) is 12.1 Å². The van der Waals surface area contributed by atoms with Crippen molar-refractivity contribution in [2.45, 2.75) is 33.9 Å². The van der Waals surface area contributed by atoms with Crippen LogP contribution in [0.3, 0.4) is 0 Å². The zero-order valence-corrected chi connectivity index (χ0v) is 25.4. The number of amidine groups is 1. The van der Waals surface area contributed by atoms with Crippen LogP contribution in [0.4, 0.5) is 25.8 Å². The topological polar surface area (TPSA) is 99.4 Å². The van der Waals surface area contributed by atoms with Gasteiger partial charge in [-0.15, -0.1) is 0 Å². The molecule has 10 nitrogen and oxygen atoms in total. The molecule has 0 saturated carbocycles. The van der Waals surface area contributed by atoms with E-state index in [9.17, 15) is 13.6 Å². The number of benzene rings is 2. The Morgan fingerprint density at radius 2 is 1.88 bits per heavy atom. The molecule has 12 heteroatoms. The highest BCUT2D eigenvalue weighted by Crippen LogP contribution is 2.38. The van der Waals surface area contributed by atoms with E-state index in [0.29, 0.717) is 29.5 Å². The zero-order chi connectivity index (χ0) is 31.5. The number of hydrogen-bond donors (Lipinski definition) is 2. The standard InChI is InChI=1S/C31H40F2N8O2/c1-8-30(42)38-24-17-25(28(43-31(32)33)19-27(24)39(7)14-15-40(9-2)10-3)37-29(35-6)18-23(34-5)21-12-13-26-22(16-21)20-36-41(26)11-4/h8,12-13,16-20,31H,1,5,9-11,14-15H2,2-4,6-7H3,(H,35,37)(H,38,42)/b23-18-. The van der Waals surface area contributed by atoms with Crippen LogP contribution in [-0.2, 0) is 11.3 Å². The number of halogens is 2. The van der Waals surface area contributed by atoms with Gasteiger partial charge in [-0.2, -0.15) is 13.9 Å². The molecule has 2 N–H and O–H groups in total. The van der Waals surface area contributed by atoms with Gasteiger partial charge in [-0.25, -0.2) is 0 Å². The largest absolute Gasteiger partial charge is 0.433 e. The number of rotatable bonds is 15. The smallest absolute Gasteiger partial charge is 0.387 e. The van der Waals surface area contributed by atoms with Crippen LogP contribution in [0.5, 0.6) is 5.75 Å². The molecule has 0 spiro atoms. The van der Waals surface area contributed by atoms with Crippen molar-refractivity contribution in [1.29, 1.82) is 0 Å². The lowest BCUT2D eigenvalue weighted by Crippen LogP contribution is -2.33. The third-order valence-electron chi connectivity index (χ3n) is 7.00. The zero-order valence-electron chi connectivity index (χ0n) is 25.4. The normalized spacial score (nSPS) is 12.1. The molecule has 1 heterocycles. The van der Waals surface area contributed by atoms with Crippen molar-refractivity contribution in [1.82, 2.24) is 14.7 Å². The predicted octanol–water partition coefficient (Wildman–Crippen LogP) is 5.74. The van der Waals surface area contributed by atoms with E-state index >= 15 is 0 Å². The van der Waals surface area contributed by atoms with Crippen LogP contribution in [0.15, 0.2) is 65.2 Å². The van der Waals surface area contributed by atoms with Gasteiger partial charge in [0.25, 0.3) is 0 Å². The fourth-order valence-electron chi connectivity index (χ4n) is 4.55. The van der Waals surface area contributed by atoms with Crippen molar-refractivity contribution >= 4 is 52.1 Å². The molecule has 0 fully saturated rings. The third kappa shape index (κ3) is 8.48. The maximum atomic E-state index is 13.6. The van der Waals surface area contributed by atoms with Crippen molar-refractivity contribution < 1.29 is 18.3 Å². The number of likely N-dealkylation sites (N-methyl/N-ethyl adjacent to an activating group) is 2. The summed E-state index contributed by atoms with van der Waals surface area (Å²) in [5, 5.41) is 11.2. The Morgan fingerprint density at radius 1 is 1.14 bits per heavy atom. The Bertz CT molecular complexity index is 1490. The van der Waals surface area contributed by atoms with Gasteiger partial charge >= 0.3 is 6.61 Å². The molecule has 0 atom stereocenters. The van der Waals surface area contributed by atoms with Gasteiger partial charge in [0.05, 0.1) is 34.5 Å². The number of nitrogens with zero attached hydrogens (tertiary/aromatic N) is 6. The molecule has 0 saturated heterocycles. The Hall–Kier alpha value is -4.58. The molecule has 43 heavy (non-hydrogen) atoms. The monoisotopic (exact) mass is 594 g/mol. The van der Waals surface area contributed by atoms with Crippen molar-refractivity contribution in [2.24, 2.45) is 9.98 Å². The summed E-state index contributed by atoms with van der Waals surface area (Å²) in [4.78, 5) is 24.9. The minimum atomic E-state index is -3.08. The second-order valence-electron chi connectivity index (χ2n) is 9.54. The van der Waals surface area contributed by atoms with E-state index in [-0.39, 0.29) is 11.4 Å². The van der Waals surface area contributed by atoms with Gasteiger partial charge in [-0.05, 0) is 51.0 Å². The van der Waals surface area contributed by atoms with Gasteiger partial charge in [0.1, 0.15) is 5.84 Å². The molecule has 0 bridgehead atoms. The molecular weight excluding hydrogens is 554 g/mol. The highest BCUT2D eigenvalue weighted by atomic mass is 19.3. The predicted molar refractivity (Wildman–Crippen MR) is 173 cm³/mol. The number of alkyl halides is 2. The molecule has 0 aliphatic carbocycles. The summed E-state index contributed by atoms with van der Waals surface area (Å²) < 4.78 is 34.0. The van der Waals surface area contributed by atoms with E-state index < -0.39 is 12.5 Å². The van der Waals surface area contributed by atoms with Crippen LogP contribution in [0, 0.1) is 0 Å². The quantitative estimate of drug-likeness (QED) is 0.132. The van der Waals surface area contributed by atoms with Crippen LogP contribution >= 0.6 is 0 Å². The maximum absolute atomic E-state index is 13.6. The number of anilines is 3. The van der Waals surface area contributed by atoms with Crippen molar-refractivity contribution in [3.05, 3.63) is 60.8 Å². The van der Waals surface area contributed by atoms with Gasteiger partial charge < -0.3 is 25.2 Å².